The Hall–Kier alpha value is -2.90. The molecule has 3 aliphatic heterocycles. The largest absolute Gasteiger partial charge is 0.485 e. The minimum atomic E-state index is -4.30. The SMILES string of the molecule is CN1CCN(S(=O)(=O)c2ccc(O[C@@H]3c4cc(Cl)cc(Cl)c4C[C@H]3[C@H]3[C@H](O)CCN3c3cc(O[C@H]4c5cc(Cl)cc(Cl)c5C[C@@H]4N4CC[C@@H](O)C4)ccc3S(N)(=O)=O)cc2)CC1. The third-order valence-corrected chi connectivity index (χ3v) is 17.1. The first-order valence-corrected chi connectivity index (χ1v) is 25.1. The number of sulfonamides is 2. The molecule has 0 saturated carbocycles. The number of anilines is 1. The zero-order chi connectivity index (χ0) is 43.8. The van der Waals surface area contributed by atoms with Crippen LogP contribution in [0.4, 0.5) is 5.69 Å². The first-order valence-electron chi connectivity index (χ1n) is 20.6. The van der Waals surface area contributed by atoms with Gasteiger partial charge in [-0.05, 0) is 110 Å². The Morgan fingerprint density at radius 1 is 0.710 bits per heavy atom. The lowest BCUT2D eigenvalue weighted by Gasteiger charge is -2.37. The average molecular weight is 968 g/mol. The topological polar surface area (TPSA) is 166 Å². The van der Waals surface area contributed by atoms with E-state index in [9.17, 15) is 27.0 Å². The molecule has 4 aromatic carbocycles. The van der Waals surface area contributed by atoms with Gasteiger partial charge in [0.1, 0.15) is 28.6 Å². The van der Waals surface area contributed by atoms with Crippen molar-refractivity contribution in [2.45, 2.75) is 72.0 Å². The number of piperazine rings is 1. The highest BCUT2D eigenvalue weighted by Gasteiger charge is 2.49. The van der Waals surface area contributed by atoms with Crippen LogP contribution in [0, 0.1) is 5.92 Å². The van der Waals surface area contributed by atoms with Gasteiger partial charge in [0.2, 0.25) is 20.0 Å². The predicted molar refractivity (Wildman–Crippen MR) is 239 cm³/mol. The molecule has 0 aromatic heterocycles. The van der Waals surface area contributed by atoms with Gasteiger partial charge in [0.15, 0.2) is 0 Å². The summed E-state index contributed by atoms with van der Waals surface area (Å²) in [6.07, 6.45) is -0.848. The molecule has 3 fully saturated rings. The molecule has 7 atom stereocenters. The Kier molecular flexibility index (Phi) is 12.3. The zero-order valence-electron chi connectivity index (χ0n) is 33.7. The van der Waals surface area contributed by atoms with E-state index in [4.69, 9.17) is 61.0 Å². The van der Waals surface area contributed by atoms with Gasteiger partial charge in [-0.3, -0.25) is 4.90 Å². The number of likely N-dealkylation sites (N-methyl/N-ethyl adjacent to an activating group) is 1. The summed E-state index contributed by atoms with van der Waals surface area (Å²) in [6, 6.07) is 17.0. The predicted octanol–water partition coefficient (Wildman–Crippen LogP) is 5.93. The van der Waals surface area contributed by atoms with Gasteiger partial charge in [-0.1, -0.05) is 46.4 Å². The summed E-state index contributed by atoms with van der Waals surface area (Å²) in [6.45, 7) is 3.47. The summed E-state index contributed by atoms with van der Waals surface area (Å²) in [5.41, 5.74) is 3.44. The quantitative estimate of drug-likeness (QED) is 0.173. The maximum absolute atomic E-state index is 13.5. The minimum absolute atomic E-state index is 0.146. The van der Waals surface area contributed by atoms with Crippen LogP contribution in [0.1, 0.15) is 47.3 Å². The molecule has 19 heteroatoms. The maximum Gasteiger partial charge on any atom is 0.243 e. The smallest absolute Gasteiger partial charge is 0.243 e. The maximum atomic E-state index is 13.5. The zero-order valence-corrected chi connectivity index (χ0v) is 38.4. The van der Waals surface area contributed by atoms with E-state index >= 15 is 0 Å². The number of hydrogen-bond acceptors (Lipinski definition) is 11. The molecule has 0 bridgehead atoms. The fourth-order valence-electron chi connectivity index (χ4n) is 10.1. The van der Waals surface area contributed by atoms with Crippen molar-refractivity contribution in [3.05, 3.63) is 109 Å². The van der Waals surface area contributed by atoms with Crippen LogP contribution in [0.15, 0.2) is 76.5 Å². The van der Waals surface area contributed by atoms with Crippen LogP contribution in [0.3, 0.4) is 0 Å². The van der Waals surface area contributed by atoms with E-state index in [0.717, 1.165) is 16.7 Å². The average Bonchev–Trinajstić information content (AvgIpc) is 4.00. The van der Waals surface area contributed by atoms with Crippen LogP contribution >= 0.6 is 46.4 Å². The number of likely N-dealkylation sites (tertiary alicyclic amines) is 1. The fourth-order valence-corrected chi connectivity index (χ4v) is 13.4. The number of aliphatic hydroxyl groups excluding tert-OH is 2. The van der Waals surface area contributed by atoms with Crippen LogP contribution < -0.4 is 19.5 Å². The minimum Gasteiger partial charge on any atom is -0.485 e. The number of rotatable bonds is 10. The van der Waals surface area contributed by atoms with Gasteiger partial charge in [-0.2, -0.15) is 4.31 Å². The first kappa shape index (κ1) is 44.3. The number of primary sulfonamides is 1. The lowest BCUT2D eigenvalue weighted by molar-refractivity contribution is 0.0779. The fraction of sp³-hybridized carbons (Fsp3) is 0.442. The molecule has 62 heavy (non-hydrogen) atoms. The van der Waals surface area contributed by atoms with Gasteiger partial charge >= 0.3 is 0 Å². The summed E-state index contributed by atoms with van der Waals surface area (Å²) in [4.78, 5) is 6.13. The lowest BCUT2D eigenvalue weighted by atomic mass is 9.90. The Bertz CT molecular complexity index is 2600. The molecular weight excluding hydrogens is 920 g/mol. The van der Waals surface area contributed by atoms with Crippen LogP contribution in [0.25, 0.3) is 0 Å². The number of aliphatic hydroxyl groups is 2. The van der Waals surface area contributed by atoms with Crippen LogP contribution in [0.2, 0.25) is 20.1 Å². The van der Waals surface area contributed by atoms with E-state index in [1.807, 2.05) is 18.0 Å². The van der Waals surface area contributed by atoms with Crippen molar-refractivity contribution in [2.24, 2.45) is 11.1 Å². The van der Waals surface area contributed by atoms with Gasteiger partial charge in [0, 0.05) is 83.5 Å². The van der Waals surface area contributed by atoms with E-state index in [0.29, 0.717) is 102 Å². The van der Waals surface area contributed by atoms with E-state index in [-0.39, 0.29) is 28.1 Å². The van der Waals surface area contributed by atoms with E-state index in [1.54, 1.807) is 42.5 Å². The standard InChI is InChI=1S/C43H47Cl4N5O8S2/c1-49-12-14-51(15-13-49)62(57,58)29-5-2-27(3-6-29)59-42-32-16-24(44)18-35(46)30(32)21-34(42)41-39(54)9-11-52(41)37-20-28(4-7-40(37)61(48,55)56)60-43-33-17-25(45)19-36(47)31(33)22-38(43)50-10-8-26(53)23-50/h2-7,16-20,26,34,38-39,41-43,53-54H,8-15,21-23H2,1H3,(H2,48,55,56)/t26-,34+,38+,39-,41+,42-,43+/m1/s1. The highest BCUT2D eigenvalue weighted by atomic mass is 35.5. The molecule has 0 amide bonds. The summed E-state index contributed by atoms with van der Waals surface area (Å²) in [7, 11) is -6.07. The van der Waals surface area contributed by atoms with Gasteiger partial charge < -0.3 is 29.5 Å². The summed E-state index contributed by atoms with van der Waals surface area (Å²) in [5.74, 6) is 0.246. The molecule has 4 N–H and O–H groups in total. The van der Waals surface area contributed by atoms with Crippen molar-refractivity contribution in [1.29, 1.82) is 0 Å². The Morgan fingerprint density at radius 3 is 1.95 bits per heavy atom. The molecule has 0 radical (unpaired) electrons. The molecule has 0 spiro atoms. The van der Waals surface area contributed by atoms with Crippen molar-refractivity contribution in [3.8, 4) is 11.5 Å². The second kappa shape index (κ2) is 17.1. The number of benzene rings is 4. The summed E-state index contributed by atoms with van der Waals surface area (Å²) < 4.78 is 68.8. The number of β-amino-alcohol motifs (C(OH)–C–C–N with tert-alkyl or cyclic N) is 1. The molecular formula is C43H47Cl4N5O8S2. The second-order valence-corrected chi connectivity index (χ2v) is 22.1. The Morgan fingerprint density at radius 2 is 1.32 bits per heavy atom. The molecule has 3 saturated heterocycles. The summed E-state index contributed by atoms with van der Waals surface area (Å²) in [5, 5.41) is 30.0. The molecule has 3 heterocycles. The molecule has 9 rings (SSSR count). The molecule has 4 aromatic rings. The van der Waals surface area contributed by atoms with E-state index in [2.05, 4.69) is 9.80 Å². The van der Waals surface area contributed by atoms with Crippen molar-refractivity contribution >= 4 is 72.1 Å². The van der Waals surface area contributed by atoms with Crippen LogP contribution in [-0.4, -0.2) is 118 Å². The van der Waals surface area contributed by atoms with Crippen LogP contribution in [-0.2, 0) is 32.9 Å². The normalized spacial score (nSPS) is 27.2. The van der Waals surface area contributed by atoms with E-state index in [1.165, 1.54) is 22.5 Å². The first-order chi connectivity index (χ1) is 29.5. The molecule has 332 valence electrons. The van der Waals surface area contributed by atoms with Crippen molar-refractivity contribution in [1.82, 2.24) is 14.1 Å². The van der Waals surface area contributed by atoms with Crippen molar-refractivity contribution < 1.29 is 36.5 Å². The number of hydrogen-bond donors (Lipinski definition) is 3. The number of nitrogens with two attached hydrogens (primary N) is 1. The molecule has 2 aliphatic carbocycles. The number of fused-ring (bicyclic) bond motifs is 2. The third kappa shape index (κ3) is 8.42. The van der Waals surface area contributed by atoms with Crippen LogP contribution in [0.5, 0.6) is 11.5 Å². The van der Waals surface area contributed by atoms with Gasteiger partial charge in [0.25, 0.3) is 0 Å². The van der Waals surface area contributed by atoms with Crippen molar-refractivity contribution in [2.75, 3.05) is 57.8 Å². The highest BCUT2D eigenvalue weighted by molar-refractivity contribution is 7.89. The molecule has 5 aliphatic rings. The second-order valence-electron chi connectivity index (χ2n) is 17.0. The molecule has 0 unspecified atom stereocenters. The highest BCUT2D eigenvalue weighted by Crippen LogP contribution is 2.50. The Labute approximate surface area is 381 Å². The summed E-state index contributed by atoms with van der Waals surface area (Å²) >= 11 is 26.6. The Balaban J connectivity index is 1.06. The van der Waals surface area contributed by atoms with Gasteiger partial charge in [-0.25, -0.2) is 22.0 Å². The van der Waals surface area contributed by atoms with E-state index < -0.39 is 56.4 Å². The van der Waals surface area contributed by atoms with Gasteiger partial charge in [0.05, 0.1) is 34.9 Å². The van der Waals surface area contributed by atoms with Gasteiger partial charge in [-0.15, -0.1) is 0 Å². The number of nitrogens with zero attached hydrogens (tertiary/aromatic N) is 4. The third-order valence-electron chi connectivity index (χ3n) is 13.1. The monoisotopic (exact) mass is 965 g/mol. The number of halogens is 4. The van der Waals surface area contributed by atoms with Crippen molar-refractivity contribution in [3.63, 3.8) is 0 Å². The molecule has 13 nitrogen and oxygen atoms in total. The number of ether oxygens (including phenoxy) is 2. The lowest BCUT2D eigenvalue weighted by Crippen LogP contribution is -2.47.